The second kappa shape index (κ2) is 10.3. The zero-order valence-corrected chi connectivity index (χ0v) is 17.0. The van der Waals surface area contributed by atoms with E-state index in [-0.39, 0.29) is 24.5 Å². The van der Waals surface area contributed by atoms with Crippen LogP contribution in [0.25, 0.3) is 0 Å². The van der Waals surface area contributed by atoms with Crippen LogP contribution < -0.4 is 10.1 Å². The lowest BCUT2D eigenvalue weighted by molar-refractivity contribution is -0.135. The predicted molar refractivity (Wildman–Crippen MR) is 107 cm³/mol. The van der Waals surface area contributed by atoms with Crippen LogP contribution in [-0.4, -0.2) is 67.0 Å². The van der Waals surface area contributed by atoms with Crippen LogP contribution in [0.3, 0.4) is 0 Å². The third-order valence-electron chi connectivity index (χ3n) is 5.00. The molecule has 150 valence electrons. The molecular weight excluding hydrogens is 342 g/mol. The molecule has 1 aliphatic rings. The zero-order chi connectivity index (χ0) is 19.8. The molecule has 2 amide bonds. The molecule has 1 N–H and O–H groups in total. The molecule has 1 heterocycles. The summed E-state index contributed by atoms with van der Waals surface area (Å²) in [7, 11) is 0. The minimum absolute atomic E-state index is 0.00587. The molecular formula is C21H33N3O3. The third kappa shape index (κ3) is 6.86. The van der Waals surface area contributed by atoms with Crippen molar-refractivity contribution < 1.29 is 14.3 Å². The van der Waals surface area contributed by atoms with E-state index in [0.29, 0.717) is 38.6 Å². The van der Waals surface area contributed by atoms with Crippen LogP contribution in [0.2, 0.25) is 0 Å². The Kier molecular flexibility index (Phi) is 8.10. The summed E-state index contributed by atoms with van der Waals surface area (Å²) in [4.78, 5) is 28.3. The summed E-state index contributed by atoms with van der Waals surface area (Å²) in [6, 6.07) is 8.10. The Labute approximate surface area is 162 Å². The minimum atomic E-state index is -0.00587. The van der Waals surface area contributed by atoms with E-state index in [2.05, 4.69) is 37.1 Å². The summed E-state index contributed by atoms with van der Waals surface area (Å²) in [5.41, 5.74) is 1.20. The first-order chi connectivity index (χ1) is 12.9. The highest BCUT2D eigenvalue weighted by molar-refractivity contribution is 5.79. The van der Waals surface area contributed by atoms with E-state index in [4.69, 9.17) is 4.74 Å². The molecule has 1 saturated heterocycles. The quantitative estimate of drug-likeness (QED) is 0.757. The third-order valence-corrected chi connectivity index (χ3v) is 5.00. The van der Waals surface area contributed by atoms with Crippen LogP contribution in [0.5, 0.6) is 5.75 Å². The topological polar surface area (TPSA) is 61.9 Å². The Morgan fingerprint density at radius 2 is 1.85 bits per heavy atom. The van der Waals surface area contributed by atoms with Gasteiger partial charge in [0.05, 0.1) is 6.54 Å². The van der Waals surface area contributed by atoms with Crippen molar-refractivity contribution in [2.45, 2.75) is 46.1 Å². The molecule has 0 aromatic heterocycles. The number of ether oxygens (including phenoxy) is 1. The fourth-order valence-corrected chi connectivity index (χ4v) is 2.98. The van der Waals surface area contributed by atoms with E-state index >= 15 is 0 Å². The number of benzene rings is 1. The van der Waals surface area contributed by atoms with E-state index in [0.717, 1.165) is 12.2 Å². The van der Waals surface area contributed by atoms with Crippen molar-refractivity contribution in [2.24, 2.45) is 0 Å². The maximum absolute atomic E-state index is 12.4. The van der Waals surface area contributed by atoms with E-state index in [1.54, 1.807) is 0 Å². The Morgan fingerprint density at radius 3 is 2.48 bits per heavy atom. The largest absolute Gasteiger partial charge is 0.484 e. The molecule has 1 aromatic rings. The predicted octanol–water partition coefficient (Wildman–Crippen LogP) is 2.25. The second-order valence-electron chi connectivity index (χ2n) is 7.55. The molecule has 1 aliphatic heterocycles. The number of carbonyl (C=O) groups is 2. The second-order valence-corrected chi connectivity index (χ2v) is 7.55. The molecule has 0 bridgehead atoms. The lowest BCUT2D eigenvalue weighted by Crippen LogP contribution is -2.52. The van der Waals surface area contributed by atoms with Gasteiger partial charge in [-0.15, -0.1) is 0 Å². The molecule has 6 heteroatoms. The molecule has 1 aromatic carbocycles. The first-order valence-corrected chi connectivity index (χ1v) is 9.91. The van der Waals surface area contributed by atoms with Crippen LogP contribution in [0, 0.1) is 0 Å². The first-order valence-electron chi connectivity index (χ1n) is 9.91. The molecule has 6 nitrogen and oxygen atoms in total. The summed E-state index contributed by atoms with van der Waals surface area (Å²) in [5, 5.41) is 2.98. The highest BCUT2D eigenvalue weighted by Gasteiger charge is 2.23. The van der Waals surface area contributed by atoms with Gasteiger partial charge >= 0.3 is 0 Å². The van der Waals surface area contributed by atoms with Crippen LogP contribution in [0.1, 0.15) is 45.6 Å². The van der Waals surface area contributed by atoms with Crippen LogP contribution in [0.4, 0.5) is 0 Å². The summed E-state index contributed by atoms with van der Waals surface area (Å²) >= 11 is 0. The Hall–Kier alpha value is -2.08. The van der Waals surface area contributed by atoms with Crippen LogP contribution in [-0.2, 0) is 9.59 Å². The average Bonchev–Trinajstić information content (AvgIpc) is 2.66. The van der Waals surface area contributed by atoms with Gasteiger partial charge in [-0.2, -0.15) is 0 Å². The van der Waals surface area contributed by atoms with Gasteiger partial charge in [-0.3, -0.25) is 14.5 Å². The molecule has 2 rings (SSSR count). The van der Waals surface area contributed by atoms with Crippen LogP contribution >= 0.6 is 0 Å². The normalized spacial score (nSPS) is 16.3. The SMILES string of the molecule is CCC(C)NC(=O)CN1CCN(C(=O)COc2cccc(C(C)C)c2)CC1. The van der Waals surface area contributed by atoms with Gasteiger partial charge in [0.25, 0.3) is 5.91 Å². The number of carbonyl (C=O) groups excluding carboxylic acids is 2. The van der Waals surface area contributed by atoms with Crippen molar-refractivity contribution in [1.82, 2.24) is 15.1 Å². The van der Waals surface area contributed by atoms with Crippen molar-refractivity contribution in [3.05, 3.63) is 29.8 Å². The van der Waals surface area contributed by atoms with E-state index in [9.17, 15) is 9.59 Å². The molecule has 0 radical (unpaired) electrons. The molecule has 27 heavy (non-hydrogen) atoms. The van der Waals surface area contributed by atoms with Gasteiger partial charge in [0.1, 0.15) is 5.75 Å². The van der Waals surface area contributed by atoms with E-state index < -0.39 is 0 Å². The zero-order valence-electron chi connectivity index (χ0n) is 17.0. The highest BCUT2D eigenvalue weighted by Crippen LogP contribution is 2.20. The number of nitrogens with zero attached hydrogens (tertiary/aromatic N) is 2. The molecule has 0 aliphatic carbocycles. The van der Waals surface area contributed by atoms with Gasteiger partial charge in [0.15, 0.2) is 6.61 Å². The lowest BCUT2D eigenvalue weighted by Gasteiger charge is -2.34. The minimum Gasteiger partial charge on any atom is -0.484 e. The number of hydrogen-bond acceptors (Lipinski definition) is 4. The number of rotatable bonds is 8. The Balaban J connectivity index is 1.73. The first kappa shape index (κ1) is 21.2. The van der Waals surface area contributed by atoms with Gasteiger partial charge in [0.2, 0.25) is 5.91 Å². The summed E-state index contributed by atoms with van der Waals surface area (Å²) in [5.74, 6) is 1.20. The highest BCUT2D eigenvalue weighted by atomic mass is 16.5. The maximum Gasteiger partial charge on any atom is 0.260 e. The number of piperazine rings is 1. The summed E-state index contributed by atoms with van der Waals surface area (Å²) < 4.78 is 5.69. The monoisotopic (exact) mass is 375 g/mol. The smallest absolute Gasteiger partial charge is 0.260 e. The van der Waals surface area contributed by atoms with Gasteiger partial charge in [0, 0.05) is 32.2 Å². The van der Waals surface area contributed by atoms with Crippen molar-refractivity contribution >= 4 is 11.8 Å². The fraction of sp³-hybridized carbons (Fsp3) is 0.619. The van der Waals surface area contributed by atoms with Gasteiger partial charge in [-0.1, -0.05) is 32.9 Å². The molecule has 1 fully saturated rings. The van der Waals surface area contributed by atoms with Crippen molar-refractivity contribution in [3.8, 4) is 5.75 Å². The van der Waals surface area contributed by atoms with Gasteiger partial charge in [-0.25, -0.2) is 0 Å². The van der Waals surface area contributed by atoms with E-state index in [1.807, 2.05) is 30.0 Å². The number of nitrogens with one attached hydrogen (secondary N) is 1. The van der Waals surface area contributed by atoms with Crippen molar-refractivity contribution in [3.63, 3.8) is 0 Å². The lowest BCUT2D eigenvalue weighted by atomic mass is 10.0. The summed E-state index contributed by atoms with van der Waals surface area (Å²) in [6.07, 6.45) is 0.925. The Morgan fingerprint density at radius 1 is 1.15 bits per heavy atom. The number of amides is 2. The van der Waals surface area contributed by atoms with Crippen molar-refractivity contribution in [2.75, 3.05) is 39.3 Å². The molecule has 1 atom stereocenters. The summed E-state index contributed by atoms with van der Waals surface area (Å²) in [6.45, 7) is 11.4. The molecule has 0 saturated carbocycles. The van der Waals surface area contributed by atoms with Crippen LogP contribution in [0.15, 0.2) is 24.3 Å². The van der Waals surface area contributed by atoms with Crippen molar-refractivity contribution in [1.29, 1.82) is 0 Å². The molecule has 0 spiro atoms. The van der Waals surface area contributed by atoms with Gasteiger partial charge in [-0.05, 0) is 37.0 Å². The average molecular weight is 376 g/mol. The maximum atomic E-state index is 12.4. The number of hydrogen-bond donors (Lipinski definition) is 1. The fourth-order valence-electron chi connectivity index (χ4n) is 2.98. The van der Waals surface area contributed by atoms with Gasteiger partial charge < -0.3 is 15.0 Å². The Bertz CT molecular complexity index is 625. The standard InChI is InChI=1S/C21H33N3O3/c1-5-17(4)22-20(25)14-23-9-11-24(12-10-23)21(26)15-27-19-8-6-7-18(13-19)16(2)3/h6-8,13,16-17H,5,9-12,14-15H2,1-4H3,(H,22,25). The van der Waals surface area contributed by atoms with E-state index in [1.165, 1.54) is 5.56 Å². The molecule has 1 unspecified atom stereocenters.